The van der Waals surface area contributed by atoms with E-state index in [9.17, 15) is 9.59 Å². The average molecular weight is 394 g/mol. The Morgan fingerprint density at radius 2 is 2.03 bits per heavy atom. The zero-order valence-corrected chi connectivity index (χ0v) is 16.6. The lowest BCUT2D eigenvalue weighted by Gasteiger charge is -2.26. The summed E-state index contributed by atoms with van der Waals surface area (Å²) in [7, 11) is 0. The van der Waals surface area contributed by atoms with Gasteiger partial charge in [-0.25, -0.2) is 4.98 Å². The topological polar surface area (TPSA) is 95.5 Å². The molecule has 1 saturated heterocycles. The Morgan fingerprint density at radius 1 is 1.24 bits per heavy atom. The number of amides is 1. The van der Waals surface area contributed by atoms with Gasteiger partial charge in [0.05, 0.1) is 10.9 Å². The van der Waals surface area contributed by atoms with Gasteiger partial charge in [0.1, 0.15) is 16.8 Å². The number of hydrogen-bond acceptors (Lipinski definition) is 5. The van der Waals surface area contributed by atoms with Crippen molar-refractivity contribution in [3.05, 3.63) is 51.9 Å². The summed E-state index contributed by atoms with van der Waals surface area (Å²) in [6, 6.07) is 6.85. The van der Waals surface area contributed by atoms with Gasteiger partial charge in [0, 0.05) is 25.8 Å². The van der Waals surface area contributed by atoms with E-state index in [1.165, 1.54) is 29.7 Å². The Morgan fingerprint density at radius 3 is 2.79 bits per heavy atom. The van der Waals surface area contributed by atoms with Crippen molar-refractivity contribution in [3.63, 3.8) is 0 Å². The predicted octanol–water partition coefficient (Wildman–Crippen LogP) is 1.36. The first-order chi connectivity index (χ1) is 14.1. The van der Waals surface area contributed by atoms with Gasteiger partial charge in [-0.1, -0.05) is 12.5 Å². The smallest absolute Gasteiger partial charge is 0.267 e. The van der Waals surface area contributed by atoms with Gasteiger partial charge in [-0.3, -0.25) is 19.4 Å². The number of carbonyl (C=O) groups is 1. The van der Waals surface area contributed by atoms with Crippen LogP contribution in [0.3, 0.4) is 0 Å². The second-order valence-electron chi connectivity index (χ2n) is 7.39. The second-order valence-corrected chi connectivity index (χ2v) is 7.39. The molecule has 3 aromatic heterocycles. The van der Waals surface area contributed by atoms with Crippen molar-refractivity contribution in [2.45, 2.75) is 32.7 Å². The van der Waals surface area contributed by atoms with Crippen molar-refractivity contribution in [2.75, 3.05) is 26.2 Å². The van der Waals surface area contributed by atoms with E-state index in [0.717, 1.165) is 19.6 Å². The quantitative estimate of drug-likeness (QED) is 0.639. The molecule has 29 heavy (non-hydrogen) atoms. The fourth-order valence-electron chi connectivity index (χ4n) is 3.97. The molecule has 0 aliphatic carbocycles. The molecule has 4 heterocycles. The Bertz CT molecular complexity index is 1170. The van der Waals surface area contributed by atoms with Crippen LogP contribution >= 0.6 is 0 Å². The summed E-state index contributed by atoms with van der Waals surface area (Å²) in [6.45, 7) is 5.79. The monoisotopic (exact) mass is 394 g/mol. The van der Waals surface area contributed by atoms with Gasteiger partial charge in [0.25, 0.3) is 11.5 Å². The first kappa shape index (κ1) is 19.3. The third kappa shape index (κ3) is 3.67. The summed E-state index contributed by atoms with van der Waals surface area (Å²) >= 11 is 0. The van der Waals surface area contributed by atoms with Crippen molar-refractivity contribution in [2.24, 2.45) is 0 Å². The van der Waals surface area contributed by atoms with Gasteiger partial charge in [0.15, 0.2) is 0 Å². The van der Waals surface area contributed by atoms with E-state index >= 15 is 0 Å². The van der Waals surface area contributed by atoms with Crippen LogP contribution in [-0.2, 0) is 6.54 Å². The van der Waals surface area contributed by atoms with Gasteiger partial charge in [-0.15, -0.1) is 0 Å². The maximum Gasteiger partial charge on any atom is 0.267 e. The standard InChI is InChI=1S/C21H26N6O2/c1-2-26-18(22)15(20(28)23-9-13-25-10-5-3-6-11-25)14-16-19(26)24-17-8-4-7-12-27(17)21(16)29/h4,7-8,12,14,22H,2-3,5-6,9-11,13H2,1H3,(H,23,28). The van der Waals surface area contributed by atoms with Crippen molar-refractivity contribution in [1.29, 1.82) is 5.41 Å². The Kier molecular flexibility index (Phi) is 5.44. The van der Waals surface area contributed by atoms with Crippen LogP contribution in [0.15, 0.2) is 35.3 Å². The first-order valence-corrected chi connectivity index (χ1v) is 10.2. The molecule has 4 rings (SSSR count). The van der Waals surface area contributed by atoms with Crippen LogP contribution < -0.4 is 16.4 Å². The molecule has 0 bridgehead atoms. The Balaban J connectivity index is 1.68. The third-order valence-electron chi connectivity index (χ3n) is 5.54. The van der Waals surface area contributed by atoms with E-state index in [1.807, 2.05) is 13.0 Å². The van der Waals surface area contributed by atoms with Crippen LogP contribution in [0.2, 0.25) is 0 Å². The summed E-state index contributed by atoms with van der Waals surface area (Å²) in [5.41, 5.74) is 0.981. The summed E-state index contributed by atoms with van der Waals surface area (Å²) < 4.78 is 3.08. The summed E-state index contributed by atoms with van der Waals surface area (Å²) in [5.74, 6) is -0.325. The molecule has 0 unspecified atom stereocenters. The summed E-state index contributed by atoms with van der Waals surface area (Å²) in [5, 5.41) is 11.8. The maximum absolute atomic E-state index is 13.0. The lowest BCUT2D eigenvalue weighted by molar-refractivity contribution is 0.0944. The summed E-state index contributed by atoms with van der Waals surface area (Å²) in [6.07, 6.45) is 5.35. The predicted molar refractivity (Wildman–Crippen MR) is 111 cm³/mol. The molecule has 1 fully saturated rings. The highest BCUT2D eigenvalue weighted by Crippen LogP contribution is 2.10. The molecule has 1 aliphatic rings. The van der Waals surface area contributed by atoms with Crippen LogP contribution in [0, 0.1) is 5.41 Å². The number of aromatic nitrogens is 3. The molecule has 0 atom stereocenters. The SMILES string of the molecule is CCn1c(=N)c(C(=O)NCCN2CCCCC2)cc2c(=O)n3ccccc3nc21. The minimum absolute atomic E-state index is 0.0719. The normalized spacial score (nSPS) is 15.1. The van der Waals surface area contributed by atoms with Crippen molar-refractivity contribution < 1.29 is 4.79 Å². The largest absolute Gasteiger partial charge is 0.351 e. The third-order valence-corrected chi connectivity index (χ3v) is 5.54. The van der Waals surface area contributed by atoms with Gasteiger partial charge >= 0.3 is 0 Å². The average Bonchev–Trinajstić information content (AvgIpc) is 2.74. The molecule has 2 N–H and O–H groups in total. The summed E-state index contributed by atoms with van der Waals surface area (Å²) in [4.78, 5) is 32.7. The lowest BCUT2D eigenvalue weighted by atomic mass is 10.1. The molecule has 8 nitrogen and oxygen atoms in total. The number of carbonyl (C=O) groups excluding carboxylic acids is 1. The zero-order valence-electron chi connectivity index (χ0n) is 16.6. The van der Waals surface area contributed by atoms with Gasteiger partial charge in [-0.2, -0.15) is 0 Å². The number of likely N-dealkylation sites (tertiary alicyclic amines) is 1. The van der Waals surface area contributed by atoms with Crippen LogP contribution in [0.25, 0.3) is 16.7 Å². The Hall–Kier alpha value is -3.00. The molecule has 0 aromatic carbocycles. The first-order valence-electron chi connectivity index (χ1n) is 10.2. The fraction of sp³-hybridized carbons (Fsp3) is 0.429. The number of nitrogens with zero attached hydrogens (tertiary/aromatic N) is 4. The van der Waals surface area contributed by atoms with Gasteiger partial charge in [0.2, 0.25) is 0 Å². The number of fused-ring (bicyclic) bond motifs is 2. The van der Waals surface area contributed by atoms with E-state index in [-0.39, 0.29) is 22.5 Å². The van der Waals surface area contributed by atoms with E-state index in [4.69, 9.17) is 5.41 Å². The van der Waals surface area contributed by atoms with E-state index in [1.54, 1.807) is 22.9 Å². The molecule has 3 aromatic rings. The number of pyridine rings is 2. The van der Waals surface area contributed by atoms with Crippen molar-refractivity contribution >= 4 is 22.6 Å². The van der Waals surface area contributed by atoms with Crippen LogP contribution in [-0.4, -0.2) is 50.9 Å². The Labute approximate surface area is 168 Å². The van der Waals surface area contributed by atoms with Gasteiger partial charge < -0.3 is 14.8 Å². The molecule has 152 valence electrons. The molecule has 0 saturated carbocycles. The minimum atomic E-state index is -0.325. The molecule has 1 amide bonds. The molecule has 0 radical (unpaired) electrons. The number of aryl methyl sites for hydroxylation is 1. The van der Waals surface area contributed by atoms with E-state index in [0.29, 0.717) is 29.8 Å². The highest BCUT2D eigenvalue weighted by atomic mass is 16.1. The molecular formula is C21H26N6O2. The number of hydrogen-bond donors (Lipinski definition) is 2. The molecule has 1 aliphatic heterocycles. The minimum Gasteiger partial charge on any atom is -0.351 e. The fourth-order valence-corrected chi connectivity index (χ4v) is 3.97. The van der Waals surface area contributed by atoms with Gasteiger partial charge in [-0.05, 0) is 51.1 Å². The highest BCUT2D eigenvalue weighted by Gasteiger charge is 2.17. The van der Waals surface area contributed by atoms with Crippen molar-refractivity contribution in [3.8, 4) is 0 Å². The van der Waals surface area contributed by atoms with E-state index < -0.39 is 0 Å². The molecule has 8 heteroatoms. The highest BCUT2D eigenvalue weighted by molar-refractivity contribution is 5.96. The number of nitrogens with one attached hydrogen (secondary N) is 2. The van der Waals surface area contributed by atoms with Crippen LogP contribution in [0.1, 0.15) is 36.5 Å². The maximum atomic E-state index is 13.0. The molecular weight excluding hydrogens is 368 g/mol. The van der Waals surface area contributed by atoms with Crippen LogP contribution in [0.4, 0.5) is 0 Å². The number of rotatable bonds is 5. The lowest BCUT2D eigenvalue weighted by Crippen LogP contribution is -2.40. The van der Waals surface area contributed by atoms with Crippen LogP contribution in [0.5, 0.6) is 0 Å². The zero-order chi connectivity index (χ0) is 20.4. The number of piperidine rings is 1. The second kappa shape index (κ2) is 8.16. The molecule has 0 spiro atoms. The van der Waals surface area contributed by atoms with Crippen molar-refractivity contribution in [1.82, 2.24) is 24.2 Å². The van der Waals surface area contributed by atoms with E-state index in [2.05, 4.69) is 15.2 Å².